The molecule has 0 bridgehead atoms. The zero-order valence-electron chi connectivity index (χ0n) is 10.7. The van der Waals surface area contributed by atoms with Crippen molar-refractivity contribution < 1.29 is 9.47 Å². The summed E-state index contributed by atoms with van der Waals surface area (Å²) in [5.41, 5.74) is 7.37. The molecule has 0 heterocycles. The molecule has 0 aliphatic heterocycles. The highest BCUT2D eigenvalue weighted by Crippen LogP contribution is 2.22. The quantitative estimate of drug-likeness (QED) is 0.670. The molecule has 0 spiro atoms. The Morgan fingerprint density at radius 3 is 2.42 bits per heavy atom. The molecule has 3 nitrogen and oxygen atoms in total. The maximum absolute atomic E-state index is 5.92. The average molecular weight is 278 g/mol. The van der Waals surface area contributed by atoms with Gasteiger partial charge in [0.25, 0.3) is 0 Å². The molecule has 0 fully saturated rings. The van der Waals surface area contributed by atoms with E-state index >= 15 is 0 Å². The highest BCUT2D eigenvalue weighted by Gasteiger charge is 2.01. The summed E-state index contributed by atoms with van der Waals surface area (Å²) in [6.07, 6.45) is 0. The van der Waals surface area contributed by atoms with Gasteiger partial charge in [0.2, 0.25) is 0 Å². The third kappa shape index (κ3) is 4.07. The van der Waals surface area contributed by atoms with Gasteiger partial charge in [-0.1, -0.05) is 17.7 Å². The van der Waals surface area contributed by atoms with Crippen molar-refractivity contribution in [3.63, 3.8) is 0 Å². The fourth-order valence-electron chi connectivity index (χ4n) is 1.60. The van der Waals surface area contributed by atoms with Gasteiger partial charge in [0, 0.05) is 10.7 Å². The molecule has 0 aromatic heterocycles. The summed E-state index contributed by atoms with van der Waals surface area (Å²) in [5.74, 6) is 1.56. The van der Waals surface area contributed by atoms with E-state index in [0.717, 1.165) is 22.7 Å². The van der Waals surface area contributed by atoms with E-state index in [1.165, 1.54) is 0 Å². The Morgan fingerprint density at radius 2 is 1.68 bits per heavy atom. The van der Waals surface area contributed by atoms with Crippen molar-refractivity contribution in [3.05, 3.63) is 53.1 Å². The lowest BCUT2D eigenvalue weighted by molar-refractivity contribution is 0.216. The molecule has 0 amide bonds. The van der Waals surface area contributed by atoms with Gasteiger partial charge in [-0.15, -0.1) is 0 Å². The van der Waals surface area contributed by atoms with Crippen LogP contribution in [0.5, 0.6) is 11.5 Å². The van der Waals surface area contributed by atoms with E-state index in [4.69, 9.17) is 26.8 Å². The van der Waals surface area contributed by atoms with Crippen molar-refractivity contribution >= 4 is 17.3 Å². The zero-order valence-corrected chi connectivity index (χ0v) is 11.5. The predicted octanol–water partition coefficient (Wildman–Crippen LogP) is 3.69. The molecular weight excluding hydrogens is 262 g/mol. The van der Waals surface area contributed by atoms with E-state index in [2.05, 4.69) is 0 Å². The van der Waals surface area contributed by atoms with Crippen molar-refractivity contribution in [3.8, 4) is 11.5 Å². The molecule has 19 heavy (non-hydrogen) atoms. The normalized spacial score (nSPS) is 10.2. The predicted molar refractivity (Wildman–Crippen MR) is 78.0 cm³/mol. The van der Waals surface area contributed by atoms with Crippen LogP contribution in [0.1, 0.15) is 5.56 Å². The number of nitrogens with two attached hydrogens (primary N) is 1. The largest absolute Gasteiger partial charge is 0.490 e. The van der Waals surface area contributed by atoms with E-state index in [-0.39, 0.29) is 0 Å². The van der Waals surface area contributed by atoms with Gasteiger partial charge < -0.3 is 15.2 Å². The second-order valence-corrected chi connectivity index (χ2v) is 4.61. The summed E-state index contributed by atoms with van der Waals surface area (Å²) in [6, 6.07) is 12.8. The molecular formula is C15H16ClNO2. The molecule has 0 unspecified atom stereocenters. The number of hydrogen-bond donors (Lipinski definition) is 1. The topological polar surface area (TPSA) is 44.5 Å². The van der Waals surface area contributed by atoms with Gasteiger partial charge >= 0.3 is 0 Å². The number of ether oxygens (including phenoxy) is 2. The lowest BCUT2D eigenvalue weighted by atomic mass is 10.2. The van der Waals surface area contributed by atoms with E-state index in [1.807, 2.05) is 31.2 Å². The van der Waals surface area contributed by atoms with Crippen LogP contribution in [0.15, 0.2) is 42.5 Å². The van der Waals surface area contributed by atoms with Crippen molar-refractivity contribution in [1.29, 1.82) is 0 Å². The fraction of sp³-hybridized carbons (Fsp3) is 0.200. The first-order chi connectivity index (χ1) is 9.15. The van der Waals surface area contributed by atoms with E-state index in [9.17, 15) is 0 Å². The standard InChI is InChI=1S/C15H16ClNO2/c1-11-2-3-12(16)10-15(11)19-9-8-18-14-6-4-13(17)5-7-14/h2-7,10H,8-9,17H2,1H3. The van der Waals surface area contributed by atoms with Gasteiger partial charge in [0.05, 0.1) is 0 Å². The average Bonchev–Trinajstić information content (AvgIpc) is 2.40. The summed E-state index contributed by atoms with van der Waals surface area (Å²) < 4.78 is 11.2. The van der Waals surface area contributed by atoms with Crippen LogP contribution in [0.2, 0.25) is 5.02 Å². The highest BCUT2D eigenvalue weighted by molar-refractivity contribution is 6.30. The highest BCUT2D eigenvalue weighted by atomic mass is 35.5. The van der Waals surface area contributed by atoms with Crippen molar-refractivity contribution in [2.45, 2.75) is 6.92 Å². The zero-order chi connectivity index (χ0) is 13.7. The monoisotopic (exact) mass is 277 g/mol. The lowest BCUT2D eigenvalue weighted by Gasteiger charge is -2.10. The summed E-state index contributed by atoms with van der Waals surface area (Å²) in [6.45, 7) is 2.91. The summed E-state index contributed by atoms with van der Waals surface area (Å²) >= 11 is 5.92. The van der Waals surface area contributed by atoms with Crippen molar-refractivity contribution in [2.24, 2.45) is 0 Å². The summed E-state index contributed by atoms with van der Waals surface area (Å²) in [5, 5.41) is 0.667. The van der Waals surface area contributed by atoms with Crippen molar-refractivity contribution in [1.82, 2.24) is 0 Å². The molecule has 2 aromatic rings. The molecule has 0 atom stereocenters. The minimum atomic E-state index is 0.464. The number of halogens is 1. The maximum atomic E-state index is 5.92. The molecule has 2 rings (SSSR count). The van der Waals surface area contributed by atoms with Crippen LogP contribution >= 0.6 is 11.6 Å². The van der Waals surface area contributed by atoms with Crippen LogP contribution in [0, 0.1) is 6.92 Å². The number of rotatable bonds is 5. The van der Waals surface area contributed by atoms with Crippen LogP contribution < -0.4 is 15.2 Å². The third-order valence-electron chi connectivity index (χ3n) is 2.64. The summed E-state index contributed by atoms with van der Waals surface area (Å²) in [4.78, 5) is 0. The first-order valence-corrected chi connectivity index (χ1v) is 6.40. The van der Waals surface area contributed by atoms with Crippen LogP contribution in [0.4, 0.5) is 5.69 Å². The number of benzene rings is 2. The Kier molecular flexibility index (Phi) is 4.53. The summed E-state index contributed by atoms with van der Waals surface area (Å²) in [7, 11) is 0. The Hall–Kier alpha value is -1.87. The van der Waals surface area contributed by atoms with Gasteiger partial charge in [-0.05, 0) is 48.9 Å². The first-order valence-electron chi connectivity index (χ1n) is 6.02. The number of nitrogen functional groups attached to an aromatic ring is 1. The van der Waals surface area contributed by atoms with Crippen molar-refractivity contribution in [2.75, 3.05) is 18.9 Å². The Bertz CT molecular complexity index is 540. The third-order valence-corrected chi connectivity index (χ3v) is 2.88. The number of hydrogen-bond acceptors (Lipinski definition) is 3. The maximum Gasteiger partial charge on any atom is 0.123 e. The van der Waals surface area contributed by atoms with Gasteiger partial charge in [0.15, 0.2) is 0 Å². The van der Waals surface area contributed by atoms with Gasteiger partial charge in [-0.25, -0.2) is 0 Å². The number of anilines is 1. The molecule has 2 aromatic carbocycles. The van der Waals surface area contributed by atoms with Crippen LogP contribution in [-0.2, 0) is 0 Å². The van der Waals surface area contributed by atoms with Gasteiger partial charge in [-0.2, -0.15) is 0 Å². The van der Waals surface area contributed by atoms with Gasteiger partial charge in [0.1, 0.15) is 24.7 Å². The Labute approximate surface area is 117 Å². The lowest BCUT2D eigenvalue weighted by Crippen LogP contribution is -2.09. The number of aryl methyl sites for hydroxylation is 1. The molecule has 2 N–H and O–H groups in total. The molecule has 0 aliphatic carbocycles. The van der Waals surface area contributed by atoms with Crippen LogP contribution in [-0.4, -0.2) is 13.2 Å². The molecule has 100 valence electrons. The second kappa shape index (κ2) is 6.34. The van der Waals surface area contributed by atoms with E-state index in [0.29, 0.717) is 18.2 Å². The smallest absolute Gasteiger partial charge is 0.123 e. The minimum Gasteiger partial charge on any atom is -0.490 e. The second-order valence-electron chi connectivity index (χ2n) is 4.18. The molecule has 4 heteroatoms. The van der Waals surface area contributed by atoms with Crippen LogP contribution in [0.25, 0.3) is 0 Å². The molecule has 0 aliphatic rings. The molecule has 0 saturated heterocycles. The first kappa shape index (κ1) is 13.6. The Balaban J connectivity index is 1.80. The fourth-order valence-corrected chi connectivity index (χ4v) is 1.77. The van der Waals surface area contributed by atoms with Gasteiger partial charge in [-0.3, -0.25) is 0 Å². The Morgan fingerprint density at radius 1 is 1.00 bits per heavy atom. The molecule has 0 saturated carbocycles. The SMILES string of the molecule is Cc1ccc(Cl)cc1OCCOc1ccc(N)cc1. The minimum absolute atomic E-state index is 0.464. The van der Waals surface area contributed by atoms with E-state index < -0.39 is 0 Å². The molecule has 0 radical (unpaired) electrons. The van der Waals surface area contributed by atoms with E-state index in [1.54, 1.807) is 18.2 Å². The van der Waals surface area contributed by atoms with Crippen LogP contribution in [0.3, 0.4) is 0 Å².